The second-order valence-corrected chi connectivity index (χ2v) is 4.66. The zero-order chi connectivity index (χ0) is 10.7. The summed E-state index contributed by atoms with van der Waals surface area (Å²) in [4.78, 5) is 16.2. The highest BCUT2D eigenvalue weighted by molar-refractivity contribution is 5.78. The number of rotatable bonds is 2. The minimum Gasteiger partial charge on any atom is -0.340 e. The van der Waals surface area contributed by atoms with E-state index in [1.54, 1.807) is 0 Å². The topological polar surface area (TPSA) is 23.6 Å². The van der Waals surface area contributed by atoms with Gasteiger partial charge in [0.05, 0.1) is 0 Å². The first-order valence-electron chi connectivity index (χ1n) is 5.49. The molecule has 14 heavy (non-hydrogen) atoms. The van der Waals surface area contributed by atoms with Crippen LogP contribution in [0.25, 0.3) is 0 Å². The van der Waals surface area contributed by atoms with Gasteiger partial charge in [0.25, 0.3) is 0 Å². The zero-order valence-electron chi connectivity index (χ0n) is 9.79. The van der Waals surface area contributed by atoms with Gasteiger partial charge in [-0.15, -0.1) is 0 Å². The number of hydrogen-bond acceptors (Lipinski definition) is 2. The Kier molecular flexibility index (Phi) is 3.93. The van der Waals surface area contributed by atoms with E-state index in [-0.39, 0.29) is 5.92 Å². The molecule has 0 saturated carbocycles. The van der Waals surface area contributed by atoms with Crippen LogP contribution in [-0.2, 0) is 4.79 Å². The van der Waals surface area contributed by atoms with E-state index in [2.05, 4.69) is 25.8 Å². The van der Waals surface area contributed by atoms with Gasteiger partial charge < -0.3 is 9.80 Å². The average molecular weight is 198 g/mol. The Balaban J connectivity index is 2.45. The van der Waals surface area contributed by atoms with Gasteiger partial charge in [-0.3, -0.25) is 4.79 Å². The summed E-state index contributed by atoms with van der Waals surface area (Å²) in [6.07, 6.45) is 0. The number of carbonyl (C=O) groups excluding carboxylic acids is 1. The highest BCUT2D eigenvalue weighted by atomic mass is 16.2. The Morgan fingerprint density at radius 1 is 1.07 bits per heavy atom. The van der Waals surface area contributed by atoms with E-state index in [0.717, 1.165) is 26.2 Å². The summed E-state index contributed by atoms with van der Waals surface area (Å²) in [5.74, 6) is 0.939. The summed E-state index contributed by atoms with van der Waals surface area (Å²) in [6, 6.07) is 0. The minimum atomic E-state index is 0.165. The minimum absolute atomic E-state index is 0.165. The molecule has 0 spiro atoms. The second kappa shape index (κ2) is 4.78. The maximum Gasteiger partial charge on any atom is 0.225 e. The highest BCUT2D eigenvalue weighted by Crippen LogP contribution is 2.14. The highest BCUT2D eigenvalue weighted by Gasteiger charge is 2.25. The Labute approximate surface area is 87.1 Å². The lowest BCUT2D eigenvalue weighted by atomic mass is 9.96. The normalized spacial score (nSPS) is 21.4. The second-order valence-electron chi connectivity index (χ2n) is 4.66. The molecule has 3 nitrogen and oxygen atoms in total. The molecular weight excluding hydrogens is 176 g/mol. The number of carbonyl (C=O) groups is 1. The molecule has 1 heterocycles. The van der Waals surface area contributed by atoms with Crippen molar-refractivity contribution in [3.05, 3.63) is 0 Å². The molecule has 1 amide bonds. The Bertz CT molecular complexity index is 195. The SMILES string of the molecule is CC(C)C(C)C(=O)N1CCN(C)CC1. The van der Waals surface area contributed by atoms with Crippen molar-refractivity contribution in [2.45, 2.75) is 20.8 Å². The van der Waals surface area contributed by atoms with Crippen LogP contribution in [-0.4, -0.2) is 48.9 Å². The van der Waals surface area contributed by atoms with Crippen molar-refractivity contribution in [3.8, 4) is 0 Å². The van der Waals surface area contributed by atoms with Gasteiger partial charge in [-0.1, -0.05) is 20.8 Å². The first-order valence-corrected chi connectivity index (χ1v) is 5.49. The molecule has 0 aromatic carbocycles. The van der Waals surface area contributed by atoms with Gasteiger partial charge in [0.15, 0.2) is 0 Å². The van der Waals surface area contributed by atoms with E-state index in [1.807, 2.05) is 11.8 Å². The molecule has 82 valence electrons. The van der Waals surface area contributed by atoms with Crippen LogP contribution in [0.2, 0.25) is 0 Å². The fraction of sp³-hybridized carbons (Fsp3) is 0.909. The summed E-state index contributed by atoms with van der Waals surface area (Å²) in [5, 5.41) is 0. The third-order valence-electron chi connectivity index (χ3n) is 3.20. The van der Waals surface area contributed by atoms with Gasteiger partial charge in [-0.2, -0.15) is 0 Å². The lowest BCUT2D eigenvalue weighted by Gasteiger charge is -2.34. The number of amides is 1. The van der Waals surface area contributed by atoms with Gasteiger partial charge >= 0.3 is 0 Å². The molecule has 1 saturated heterocycles. The number of hydrogen-bond donors (Lipinski definition) is 0. The van der Waals surface area contributed by atoms with Gasteiger partial charge in [0.1, 0.15) is 0 Å². The first kappa shape index (κ1) is 11.5. The summed E-state index contributed by atoms with van der Waals surface area (Å²) >= 11 is 0. The van der Waals surface area contributed by atoms with E-state index in [0.29, 0.717) is 11.8 Å². The van der Waals surface area contributed by atoms with Crippen molar-refractivity contribution in [1.82, 2.24) is 9.80 Å². The van der Waals surface area contributed by atoms with E-state index in [4.69, 9.17) is 0 Å². The lowest BCUT2D eigenvalue weighted by Crippen LogP contribution is -2.49. The first-order chi connectivity index (χ1) is 6.52. The maximum absolute atomic E-state index is 12.0. The van der Waals surface area contributed by atoms with Crippen LogP contribution >= 0.6 is 0 Å². The maximum atomic E-state index is 12.0. The van der Waals surface area contributed by atoms with Crippen LogP contribution in [0.5, 0.6) is 0 Å². The summed E-state index contributed by atoms with van der Waals surface area (Å²) < 4.78 is 0. The Morgan fingerprint density at radius 2 is 1.57 bits per heavy atom. The molecule has 0 bridgehead atoms. The van der Waals surface area contributed by atoms with E-state index >= 15 is 0 Å². The molecular formula is C11H22N2O. The van der Waals surface area contributed by atoms with E-state index in [9.17, 15) is 4.79 Å². The number of piperazine rings is 1. The van der Waals surface area contributed by atoms with Crippen molar-refractivity contribution in [2.75, 3.05) is 33.2 Å². The fourth-order valence-electron chi connectivity index (χ4n) is 1.60. The zero-order valence-corrected chi connectivity index (χ0v) is 9.79. The summed E-state index contributed by atoms with van der Waals surface area (Å²) in [6.45, 7) is 10.1. The summed E-state index contributed by atoms with van der Waals surface area (Å²) in [5.41, 5.74) is 0. The van der Waals surface area contributed by atoms with Crippen molar-refractivity contribution in [1.29, 1.82) is 0 Å². The van der Waals surface area contributed by atoms with Gasteiger partial charge in [-0.05, 0) is 13.0 Å². The fourth-order valence-corrected chi connectivity index (χ4v) is 1.60. The van der Waals surface area contributed by atoms with Crippen LogP contribution in [0.3, 0.4) is 0 Å². The molecule has 1 aliphatic rings. The predicted octanol–water partition coefficient (Wildman–Crippen LogP) is 1.05. The molecule has 0 aliphatic carbocycles. The molecule has 1 atom stereocenters. The van der Waals surface area contributed by atoms with Crippen LogP contribution in [0, 0.1) is 11.8 Å². The molecule has 1 unspecified atom stereocenters. The van der Waals surface area contributed by atoms with Gasteiger partial charge in [0, 0.05) is 32.1 Å². The molecule has 3 heteroatoms. The Morgan fingerprint density at radius 3 is 2.00 bits per heavy atom. The Hall–Kier alpha value is -0.570. The smallest absolute Gasteiger partial charge is 0.225 e. The molecule has 0 N–H and O–H groups in total. The van der Waals surface area contributed by atoms with Crippen molar-refractivity contribution in [2.24, 2.45) is 11.8 Å². The molecule has 0 radical (unpaired) electrons. The van der Waals surface area contributed by atoms with Gasteiger partial charge in [0.2, 0.25) is 5.91 Å². The molecule has 0 aromatic heterocycles. The van der Waals surface area contributed by atoms with Crippen LogP contribution in [0.15, 0.2) is 0 Å². The van der Waals surface area contributed by atoms with Gasteiger partial charge in [-0.25, -0.2) is 0 Å². The molecule has 0 aromatic rings. The third-order valence-corrected chi connectivity index (χ3v) is 3.20. The predicted molar refractivity (Wildman–Crippen MR) is 58.1 cm³/mol. The quantitative estimate of drug-likeness (QED) is 0.662. The molecule has 1 aliphatic heterocycles. The van der Waals surface area contributed by atoms with Crippen LogP contribution in [0.1, 0.15) is 20.8 Å². The molecule has 1 rings (SSSR count). The monoisotopic (exact) mass is 198 g/mol. The van der Waals surface area contributed by atoms with E-state index in [1.165, 1.54) is 0 Å². The van der Waals surface area contributed by atoms with E-state index < -0.39 is 0 Å². The third kappa shape index (κ3) is 2.71. The van der Waals surface area contributed by atoms with Crippen LogP contribution in [0.4, 0.5) is 0 Å². The number of nitrogens with zero attached hydrogens (tertiary/aromatic N) is 2. The van der Waals surface area contributed by atoms with Crippen molar-refractivity contribution < 1.29 is 4.79 Å². The summed E-state index contributed by atoms with van der Waals surface area (Å²) in [7, 11) is 2.10. The number of likely N-dealkylation sites (N-methyl/N-ethyl adjacent to an activating group) is 1. The lowest BCUT2D eigenvalue weighted by molar-refractivity contribution is -0.137. The van der Waals surface area contributed by atoms with Crippen molar-refractivity contribution in [3.63, 3.8) is 0 Å². The van der Waals surface area contributed by atoms with Crippen molar-refractivity contribution >= 4 is 5.91 Å². The largest absolute Gasteiger partial charge is 0.340 e. The average Bonchev–Trinajstić information content (AvgIpc) is 2.16. The van der Waals surface area contributed by atoms with Crippen LogP contribution < -0.4 is 0 Å². The molecule has 1 fully saturated rings. The standard InChI is InChI=1S/C11H22N2O/c1-9(2)10(3)11(14)13-7-5-12(4)6-8-13/h9-10H,5-8H2,1-4H3.